The number of fused-ring (bicyclic) bond motifs is 1. The minimum Gasteiger partial charge on any atom is -0.450 e. The molecule has 28 heavy (non-hydrogen) atoms. The quantitative estimate of drug-likeness (QED) is 0.802. The van der Waals surface area contributed by atoms with E-state index in [9.17, 15) is 18.8 Å². The standard InChI is InChI=1S/C20H21FN2O4S/c1-3-27-20(26)23-18(25)16-14-9-4-11(2)10-15(14)28-19(16)22-17(24)12-5-7-13(21)8-6-12/h5-8,11H,3-4,9-10H2,1-2H3,(H,22,24)(H,23,25,26)/t11-/m1/s1. The number of hydrogen-bond donors (Lipinski definition) is 2. The average Bonchev–Trinajstić information content (AvgIpc) is 2.99. The van der Waals surface area contributed by atoms with E-state index in [4.69, 9.17) is 4.74 Å². The van der Waals surface area contributed by atoms with Gasteiger partial charge in [0.05, 0.1) is 12.2 Å². The summed E-state index contributed by atoms with van der Waals surface area (Å²) in [4.78, 5) is 38.0. The van der Waals surface area contributed by atoms with Gasteiger partial charge in [0.15, 0.2) is 0 Å². The molecule has 1 heterocycles. The summed E-state index contributed by atoms with van der Waals surface area (Å²) in [5.74, 6) is -1.00. The number of carbonyl (C=O) groups excluding carboxylic acids is 3. The van der Waals surface area contributed by atoms with Gasteiger partial charge in [-0.1, -0.05) is 6.92 Å². The van der Waals surface area contributed by atoms with Gasteiger partial charge in [-0.05, 0) is 61.9 Å². The number of benzene rings is 1. The largest absolute Gasteiger partial charge is 0.450 e. The molecule has 2 aromatic rings. The number of amides is 3. The van der Waals surface area contributed by atoms with E-state index in [2.05, 4.69) is 17.6 Å². The number of thiophene rings is 1. The highest BCUT2D eigenvalue weighted by Crippen LogP contribution is 2.39. The number of alkyl carbamates (subject to hydrolysis) is 1. The van der Waals surface area contributed by atoms with E-state index in [0.29, 0.717) is 22.9 Å². The number of anilines is 1. The Bertz CT molecular complexity index is 908. The van der Waals surface area contributed by atoms with Crippen LogP contribution in [0.1, 0.15) is 51.4 Å². The Balaban J connectivity index is 1.91. The van der Waals surface area contributed by atoms with Crippen molar-refractivity contribution in [2.75, 3.05) is 11.9 Å². The zero-order valence-electron chi connectivity index (χ0n) is 15.6. The number of halogens is 1. The fourth-order valence-corrected chi connectivity index (χ4v) is 4.58. The predicted molar refractivity (Wildman–Crippen MR) is 104 cm³/mol. The first kappa shape index (κ1) is 20.0. The summed E-state index contributed by atoms with van der Waals surface area (Å²) in [5.41, 5.74) is 1.44. The van der Waals surface area contributed by atoms with Crippen LogP contribution in [-0.4, -0.2) is 24.5 Å². The van der Waals surface area contributed by atoms with Crippen LogP contribution in [0.4, 0.5) is 14.2 Å². The minimum atomic E-state index is -0.826. The van der Waals surface area contributed by atoms with Gasteiger partial charge in [0, 0.05) is 10.4 Å². The van der Waals surface area contributed by atoms with Crippen LogP contribution in [0, 0.1) is 11.7 Å². The normalized spacial score (nSPS) is 15.5. The van der Waals surface area contributed by atoms with Crippen molar-refractivity contribution in [3.8, 4) is 0 Å². The lowest BCUT2D eigenvalue weighted by atomic mass is 9.88. The summed E-state index contributed by atoms with van der Waals surface area (Å²) in [6, 6.07) is 5.14. The van der Waals surface area contributed by atoms with Crippen LogP contribution in [0.5, 0.6) is 0 Å². The van der Waals surface area contributed by atoms with E-state index in [1.165, 1.54) is 35.6 Å². The summed E-state index contributed by atoms with van der Waals surface area (Å²) in [6.07, 6.45) is 1.61. The van der Waals surface area contributed by atoms with Crippen molar-refractivity contribution in [1.82, 2.24) is 5.32 Å². The van der Waals surface area contributed by atoms with E-state index >= 15 is 0 Å². The summed E-state index contributed by atoms with van der Waals surface area (Å²) < 4.78 is 17.9. The highest BCUT2D eigenvalue weighted by molar-refractivity contribution is 7.17. The van der Waals surface area contributed by atoms with Crippen molar-refractivity contribution >= 4 is 34.2 Å². The highest BCUT2D eigenvalue weighted by atomic mass is 32.1. The fourth-order valence-electron chi connectivity index (χ4n) is 3.18. The van der Waals surface area contributed by atoms with Gasteiger partial charge in [-0.3, -0.25) is 14.9 Å². The van der Waals surface area contributed by atoms with E-state index in [-0.39, 0.29) is 12.2 Å². The maximum absolute atomic E-state index is 13.1. The third-order valence-corrected chi connectivity index (χ3v) is 5.73. The number of hydrogen-bond acceptors (Lipinski definition) is 5. The molecule has 6 nitrogen and oxygen atoms in total. The predicted octanol–water partition coefficient (Wildman–Crippen LogP) is 4.15. The second-order valence-electron chi connectivity index (χ2n) is 6.69. The number of nitrogens with one attached hydrogen (secondary N) is 2. The summed E-state index contributed by atoms with van der Waals surface area (Å²) in [6.45, 7) is 3.93. The Labute approximate surface area is 166 Å². The van der Waals surface area contributed by atoms with Crippen molar-refractivity contribution in [2.24, 2.45) is 5.92 Å². The van der Waals surface area contributed by atoms with Crippen molar-refractivity contribution in [1.29, 1.82) is 0 Å². The molecular weight excluding hydrogens is 383 g/mol. The minimum absolute atomic E-state index is 0.145. The Morgan fingerprint density at radius 1 is 1.21 bits per heavy atom. The van der Waals surface area contributed by atoms with Crippen LogP contribution in [0.25, 0.3) is 0 Å². The molecule has 0 saturated heterocycles. The van der Waals surface area contributed by atoms with Gasteiger partial charge < -0.3 is 10.1 Å². The van der Waals surface area contributed by atoms with E-state index < -0.39 is 23.7 Å². The van der Waals surface area contributed by atoms with Gasteiger partial charge in [-0.15, -0.1) is 11.3 Å². The van der Waals surface area contributed by atoms with Crippen LogP contribution >= 0.6 is 11.3 Å². The van der Waals surface area contributed by atoms with Crippen molar-refractivity contribution in [3.05, 3.63) is 51.7 Å². The Hall–Kier alpha value is -2.74. The molecule has 148 valence electrons. The summed E-state index contributed by atoms with van der Waals surface area (Å²) in [5, 5.41) is 5.34. The first-order valence-corrected chi connectivity index (χ1v) is 9.90. The zero-order valence-corrected chi connectivity index (χ0v) is 16.5. The van der Waals surface area contributed by atoms with Crippen LogP contribution in [0.3, 0.4) is 0 Å². The molecule has 0 spiro atoms. The van der Waals surface area contributed by atoms with Gasteiger partial charge in [0.1, 0.15) is 10.8 Å². The number of ether oxygens (including phenoxy) is 1. The second-order valence-corrected chi connectivity index (χ2v) is 7.80. The van der Waals surface area contributed by atoms with Crippen LogP contribution in [0.15, 0.2) is 24.3 Å². The molecule has 0 bridgehead atoms. The van der Waals surface area contributed by atoms with Gasteiger partial charge in [0.2, 0.25) is 0 Å². The summed E-state index contributed by atoms with van der Waals surface area (Å²) >= 11 is 1.34. The molecular formula is C20H21FN2O4S. The molecule has 0 fully saturated rings. The molecule has 1 aliphatic carbocycles. The van der Waals surface area contributed by atoms with Gasteiger partial charge in [-0.25, -0.2) is 9.18 Å². The molecule has 3 rings (SSSR count). The monoisotopic (exact) mass is 404 g/mol. The van der Waals surface area contributed by atoms with Crippen LogP contribution < -0.4 is 10.6 Å². The highest BCUT2D eigenvalue weighted by Gasteiger charge is 2.29. The molecule has 8 heteroatoms. The first-order chi connectivity index (χ1) is 13.4. The molecule has 0 saturated carbocycles. The summed E-state index contributed by atoms with van der Waals surface area (Å²) in [7, 11) is 0. The van der Waals surface area contributed by atoms with Crippen molar-refractivity contribution in [2.45, 2.75) is 33.1 Å². The lowest BCUT2D eigenvalue weighted by Gasteiger charge is -2.18. The fraction of sp³-hybridized carbons (Fsp3) is 0.350. The van der Waals surface area contributed by atoms with Crippen molar-refractivity contribution in [3.63, 3.8) is 0 Å². The molecule has 1 aromatic carbocycles. The zero-order chi connectivity index (χ0) is 20.3. The van der Waals surface area contributed by atoms with E-state index in [0.717, 1.165) is 23.3 Å². The molecule has 0 unspecified atom stereocenters. The lowest BCUT2D eigenvalue weighted by molar-refractivity contribution is 0.0925. The topological polar surface area (TPSA) is 84.5 Å². The maximum atomic E-state index is 13.1. The average molecular weight is 404 g/mol. The Morgan fingerprint density at radius 2 is 1.93 bits per heavy atom. The lowest BCUT2D eigenvalue weighted by Crippen LogP contribution is -2.32. The van der Waals surface area contributed by atoms with E-state index in [1.54, 1.807) is 6.92 Å². The SMILES string of the molecule is CCOC(=O)NC(=O)c1c(NC(=O)c2ccc(F)cc2)sc2c1CC[C@@H](C)C2. The van der Waals surface area contributed by atoms with Gasteiger partial charge in [-0.2, -0.15) is 0 Å². The van der Waals surface area contributed by atoms with Crippen molar-refractivity contribution < 1.29 is 23.5 Å². The maximum Gasteiger partial charge on any atom is 0.414 e. The smallest absolute Gasteiger partial charge is 0.414 e. The molecule has 0 radical (unpaired) electrons. The number of imide groups is 1. The number of rotatable bonds is 4. The van der Waals surface area contributed by atoms with E-state index in [1.807, 2.05) is 0 Å². The van der Waals surface area contributed by atoms with Gasteiger partial charge >= 0.3 is 6.09 Å². The molecule has 0 aliphatic heterocycles. The molecule has 1 atom stereocenters. The van der Waals surface area contributed by atoms with Gasteiger partial charge in [0.25, 0.3) is 11.8 Å². The van der Waals surface area contributed by atoms with Crippen LogP contribution in [-0.2, 0) is 17.6 Å². The molecule has 1 aliphatic rings. The molecule has 2 N–H and O–H groups in total. The molecule has 1 aromatic heterocycles. The number of carbonyl (C=O) groups is 3. The second kappa shape index (κ2) is 8.52. The Kier molecular flexibility index (Phi) is 6.08. The molecule has 3 amide bonds. The third-order valence-electron chi connectivity index (χ3n) is 4.56. The Morgan fingerprint density at radius 3 is 2.61 bits per heavy atom. The first-order valence-electron chi connectivity index (χ1n) is 9.08. The third kappa shape index (κ3) is 4.39. The van der Waals surface area contributed by atoms with Crippen LogP contribution in [0.2, 0.25) is 0 Å².